The maximum Gasteiger partial charge on any atom is 0.0798 e. The molecule has 0 aromatic carbocycles. The van der Waals surface area contributed by atoms with Crippen LogP contribution < -0.4 is 0 Å². The number of hydrogen-bond acceptors (Lipinski definition) is 3. The summed E-state index contributed by atoms with van der Waals surface area (Å²) in [6.45, 7) is 8.76. The fourth-order valence-corrected chi connectivity index (χ4v) is 7.16. The molecule has 0 spiro atoms. The van der Waals surface area contributed by atoms with Crippen molar-refractivity contribution in [3.05, 3.63) is 0 Å². The quantitative estimate of drug-likeness (QED) is 0.690. The fraction of sp³-hybridized carbons (Fsp3) is 1.00. The van der Waals surface area contributed by atoms with Gasteiger partial charge in [-0.3, -0.25) is 0 Å². The van der Waals surface area contributed by atoms with E-state index in [0.717, 1.165) is 0 Å². The highest BCUT2D eigenvalue weighted by molar-refractivity contribution is 5.39. The first-order valence-corrected chi connectivity index (χ1v) is 6.87. The SMILES string of the molecule is C[C@]12O[C@]3(C)C4CC1[C@@]1(C)O[C@]4(C)C3C(O)C21. The van der Waals surface area contributed by atoms with Crippen LogP contribution >= 0.6 is 0 Å². The van der Waals surface area contributed by atoms with E-state index < -0.39 is 0 Å². The molecule has 3 nitrogen and oxygen atoms in total. The summed E-state index contributed by atoms with van der Waals surface area (Å²) >= 11 is 0. The van der Waals surface area contributed by atoms with E-state index in [-0.39, 0.29) is 40.3 Å². The highest BCUT2D eigenvalue weighted by Gasteiger charge is 2.91. The van der Waals surface area contributed by atoms with Gasteiger partial charge in [-0.15, -0.1) is 0 Å². The molecule has 94 valence electrons. The smallest absolute Gasteiger partial charge is 0.0798 e. The average molecular weight is 236 g/mol. The lowest BCUT2D eigenvalue weighted by Crippen LogP contribution is -2.99. The molecule has 1 N–H and O–H groups in total. The van der Waals surface area contributed by atoms with Crippen LogP contribution in [0.25, 0.3) is 0 Å². The number of ether oxygens (including phenoxy) is 2. The third kappa shape index (κ3) is 0.592. The Morgan fingerprint density at radius 3 is 1.53 bits per heavy atom. The van der Waals surface area contributed by atoms with Gasteiger partial charge >= 0.3 is 0 Å². The minimum atomic E-state index is -0.240. The second-order valence-corrected chi connectivity index (χ2v) is 7.73. The molecule has 2 saturated carbocycles. The standard InChI is InChI=1S/C14H20O3/c1-11-6-5-7-13(3,16-11)10-8(15)9(11)12(6,2)17-14(7,10)4/h6-10,15H,5H2,1-4H3/t6?,7?,8?,9?,10?,11-,12+,13+,14-. The van der Waals surface area contributed by atoms with E-state index >= 15 is 0 Å². The molecule has 4 heterocycles. The molecule has 17 heavy (non-hydrogen) atoms. The van der Waals surface area contributed by atoms with Gasteiger partial charge in [0.2, 0.25) is 0 Å². The molecule has 6 aliphatic rings. The first-order valence-electron chi connectivity index (χ1n) is 6.87. The maximum atomic E-state index is 10.7. The second kappa shape index (κ2) is 2.00. The zero-order valence-corrected chi connectivity index (χ0v) is 10.9. The number of aliphatic hydroxyl groups excluding tert-OH is 1. The van der Waals surface area contributed by atoms with E-state index in [1.165, 1.54) is 6.42 Å². The normalized spacial score (nSPS) is 82.1. The van der Waals surface area contributed by atoms with Gasteiger partial charge in [-0.05, 0) is 34.1 Å². The van der Waals surface area contributed by atoms with Crippen LogP contribution in [0.5, 0.6) is 0 Å². The first kappa shape index (κ1) is 9.76. The molecule has 4 aliphatic heterocycles. The van der Waals surface area contributed by atoms with Gasteiger partial charge in [0.1, 0.15) is 0 Å². The number of rotatable bonds is 0. The summed E-state index contributed by atoms with van der Waals surface area (Å²) in [5.74, 6) is 1.30. The Labute approximate surface area is 101 Å². The van der Waals surface area contributed by atoms with Gasteiger partial charge < -0.3 is 14.6 Å². The van der Waals surface area contributed by atoms with Crippen molar-refractivity contribution < 1.29 is 14.6 Å². The summed E-state index contributed by atoms with van der Waals surface area (Å²) in [6, 6.07) is 0. The number of aliphatic hydroxyl groups is 1. The van der Waals surface area contributed by atoms with Gasteiger partial charge in [0, 0.05) is 23.7 Å². The summed E-state index contributed by atoms with van der Waals surface area (Å²) in [7, 11) is 0. The van der Waals surface area contributed by atoms with Crippen molar-refractivity contribution in [3.8, 4) is 0 Å². The van der Waals surface area contributed by atoms with Gasteiger partial charge in [-0.25, -0.2) is 0 Å². The van der Waals surface area contributed by atoms with Gasteiger partial charge in [0.25, 0.3) is 0 Å². The summed E-state index contributed by atoms with van der Waals surface area (Å²) in [6.07, 6.45) is 0.981. The molecule has 4 unspecified atom stereocenters. The van der Waals surface area contributed by atoms with Gasteiger partial charge in [-0.2, -0.15) is 0 Å². The van der Waals surface area contributed by atoms with Crippen LogP contribution in [-0.2, 0) is 9.47 Å². The molecule has 6 fully saturated rings. The van der Waals surface area contributed by atoms with E-state index in [4.69, 9.17) is 9.47 Å². The zero-order valence-electron chi connectivity index (χ0n) is 10.9. The summed E-state index contributed by atoms with van der Waals surface area (Å²) in [4.78, 5) is 0. The molecular weight excluding hydrogens is 216 g/mol. The van der Waals surface area contributed by atoms with Crippen molar-refractivity contribution in [2.75, 3.05) is 0 Å². The Morgan fingerprint density at radius 2 is 1.18 bits per heavy atom. The van der Waals surface area contributed by atoms with Crippen molar-refractivity contribution in [3.63, 3.8) is 0 Å². The Bertz CT molecular complexity index is 392. The lowest BCUT2D eigenvalue weighted by molar-refractivity contribution is -0.561. The Hall–Kier alpha value is -0.120. The molecule has 8 bridgehead atoms. The zero-order chi connectivity index (χ0) is 12.0. The van der Waals surface area contributed by atoms with E-state index in [0.29, 0.717) is 11.8 Å². The molecule has 0 amide bonds. The van der Waals surface area contributed by atoms with Crippen molar-refractivity contribution in [1.82, 2.24) is 0 Å². The van der Waals surface area contributed by atoms with Crippen LogP contribution in [0.4, 0.5) is 0 Å². The van der Waals surface area contributed by atoms with Crippen LogP contribution in [0.1, 0.15) is 34.1 Å². The second-order valence-electron chi connectivity index (χ2n) is 7.73. The minimum absolute atomic E-state index is 0.141. The summed E-state index contributed by atoms with van der Waals surface area (Å²) in [5, 5.41) is 10.7. The van der Waals surface area contributed by atoms with Crippen molar-refractivity contribution >= 4 is 0 Å². The van der Waals surface area contributed by atoms with Crippen molar-refractivity contribution in [2.45, 2.75) is 62.6 Å². The van der Waals surface area contributed by atoms with E-state index in [9.17, 15) is 5.11 Å². The topological polar surface area (TPSA) is 38.7 Å². The Kier molecular flexibility index (Phi) is 1.15. The molecule has 8 atom stereocenters. The van der Waals surface area contributed by atoms with E-state index in [1.807, 2.05) is 0 Å². The first-order chi connectivity index (χ1) is 7.78. The molecule has 0 aromatic rings. The minimum Gasteiger partial charge on any atom is -0.392 e. The summed E-state index contributed by atoms with van der Waals surface area (Å²) < 4.78 is 13.0. The molecule has 3 heteroatoms. The number of hydrogen-bond donors (Lipinski definition) is 1. The monoisotopic (exact) mass is 236 g/mol. The molecule has 0 radical (unpaired) electrons. The summed E-state index contributed by atoms with van der Waals surface area (Å²) in [5.41, 5.74) is -0.565. The maximum absolute atomic E-state index is 10.7. The van der Waals surface area contributed by atoms with Gasteiger partial charge in [0.15, 0.2) is 0 Å². The lowest BCUT2D eigenvalue weighted by Gasteiger charge is -2.89. The average Bonchev–Trinajstić information content (AvgIpc) is 2.11. The van der Waals surface area contributed by atoms with Crippen LogP contribution in [0.2, 0.25) is 0 Å². The molecular formula is C14H20O3. The van der Waals surface area contributed by atoms with Crippen LogP contribution in [-0.4, -0.2) is 33.6 Å². The molecule has 2 aliphatic carbocycles. The van der Waals surface area contributed by atoms with Crippen LogP contribution in [0, 0.1) is 23.7 Å². The van der Waals surface area contributed by atoms with E-state index in [2.05, 4.69) is 27.7 Å². The van der Waals surface area contributed by atoms with Gasteiger partial charge in [0.05, 0.1) is 28.5 Å². The van der Waals surface area contributed by atoms with Gasteiger partial charge in [-0.1, -0.05) is 0 Å². The fourth-order valence-electron chi connectivity index (χ4n) is 7.16. The predicted octanol–water partition coefficient (Wildman–Crippen LogP) is 1.34. The Balaban J connectivity index is 1.80. The van der Waals surface area contributed by atoms with Crippen molar-refractivity contribution in [1.29, 1.82) is 0 Å². The molecule has 0 aromatic heterocycles. The predicted molar refractivity (Wildman–Crippen MR) is 60.4 cm³/mol. The Morgan fingerprint density at radius 1 is 0.824 bits per heavy atom. The third-order valence-corrected chi connectivity index (χ3v) is 7.27. The lowest BCUT2D eigenvalue weighted by atomic mass is 9.30. The largest absolute Gasteiger partial charge is 0.392 e. The van der Waals surface area contributed by atoms with Crippen LogP contribution in [0.15, 0.2) is 0 Å². The highest BCUT2D eigenvalue weighted by Crippen LogP contribution is 2.82. The van der Waals surface area contributed by atoms with E-state index in [1.54, 1.807) is 0 Å². The third-order valence-electron chi connectivity index (χ3n) is 7.27. The highest BCUT2D eigenvalue weighted by atomic mass is 16.6. The molecule has 6 rings (SSSR count). The van der Waals surface area contributed by atoms with Crippen molar-refractivity contribution in [2.24, 2.45) is 23.7 Å². The van der Waals surface area contributed by atoms with Crippen LogP contribution in [0.3, 0.4) is 0 Å². The molecule has 4 saturated heterocycles.